The third-order valence-corrected chi connectivity index (χ3v) is 4.66. The minimum absolute atomic E-state index is 0.694. The van der Waals surface area contributed by atoms with E-state index in [9.17, 15) is 0 Å². The standard InChI is InChI=1S/C14H14N2S3/c1-11(13-8-5-9-18-13)15-16-14(17)19-10-12-6-3-2-4-7-12/h2-9H,10H2,1H3,(H,16,17)/b15-11+. The highest BCUT2D eigenvalue weighted by molar-refractivity contribution is 8.22. The van der Waals surface area contributed by atoms with Gasteiger partial charge in [0.1, 0.15) is 0 Å². The molecule has 0 bridgehead atoms. The zero-order chi connectivity index (χ0) is 13.5. The third-order valence-electron chi connectivity index (χ3n) is 2.41. The number of nitrogens with one attached hydrogen (secondary N) is 1. The molecule has 0 saturated carbocycles. The van der Waals surface area contributed by atoms with Gasteiger partial charge < -0.3 is 0 Å². The third kappa shape index (κ3) is 4.78. The van der Waals surface area contributed by atoms with E-state index < -0.39 is 0 Å². The van der Waals surface area contributed by atoms with Gasteiger partial charge in [-0.15, -0.1) is 11.3 Å². The fourth-order valence-corrected chi connectivity index (χ4v) is 2.92. The summed E-state index contributed by atoms with van der Waals surface area (Å²) in [4.78, 5) is 1.16. The van der Waals surface area contributed by atoms with E-state index in [-0.39, 0.29) is 0 Å². The lowest BCUT2D eigenvalue weighted by Gasteiger charge is -2.04. The number of thiocarbonyl (C=S) groups is 1. The Balaban J connectivity index is 1.80. The fraction of sp³-hybridized carbons (Fsp3) is 0.143. The number of hydrogen-bond donors (Lipinski definition) is 1. The Bertz CT molecular complexity index is 547. The number of hydrogen-bond acceptors (Lipinski definition) is 4. The van der Waals surface area contributed by atoms with Crippen LogP contribution in [0.2, 0.25) is 0 Å². The Labute approximate surface area is 126 Å². The van der Waals surface area contributed by atoms with E-state index in [1.54, 1.807) is 23.1 Å². The zero-order valence-electron chi connectivity index (χ0n) is 10.5. The van der Waals surface area contributed by atoms with E-state index in [0.29, 0.717) is 4.32 Å². The molecule has 98 valence electrons. The van der Waals surface area contributed by atoms with Crippen molar-refractivity contribution < 1.29 is 0 Å². The monoisotopic (exact) mass is 306 g/mol. The van der Waals surface area contributed by atoms with Crippen LogP contribution in [0.4, 0.5) is 0 Å². The van der Waals surface area contributed by atoms with Crippen LogP contribution < -0.4 is 5.43 Å². The van der Waals surface area contributed by atoms with Crippen molar-refractivity contribution in [3.05, 3.63) is 58.3 Å². The summed E-state index contributed by atoms with van der Waals surface area (Å²) in [5.41, 5.74) is 5.15. The summed E-state index contributed by atoms with van der Waals surface area (Å²) in [5, 5.41) is 6.33. The molecule has 0 amide bonds. The average Bonchev–Trinajstić information content (AvgIpc) is 2.98. The molecule has 2 rings (SSSR count). The van der Waals surface area contributed by atoms with Crippen LogP contribution in [0, 0.1) is 0 Å². The predicted octanol–water partition coefficient (Wildman–Crippen LogP) is 4.28. The van der Waals surface area contributed by atoms with Gasteiger partial charge in [-0.2, -0.15) is 5.10 Å². The smallest absolute Gasteiger partial charge is 0.154 e. The van der Waals surface area contributed by atoms with E-state index in [4.69, 9.17) is 12.2 Å². The molecule has 5 heteroatoms. The van der Waals surface area contributed by atoms with Crippen LogP contribution in [0.15, 0.2) is 52.9 Å². The Kier molecular flexibility index (Phi) is 5.57. The molecular formula is C14H14N2S3. The van der Waals surface area contributed by atoms with Crippen molar-refractivity contribution in [2.45, 2.75) is 12.7 Å². The number of thiophene rings is 1. The van der Waals surface area contributed by atoms with Crippen LogP contribution in [-0.2, 0) is 5.75 Å². The van der Waals surface area contributed by atoms with Gasteiger partial charge in [-0.1, -0.05) is 60.4 Å². The van der Waals surface area contributed by atoms with Gasteiger partial charge in [0.2, 0.25) is 0 Å². The van der Waals surface area contributed by atoms with E-state index in [1.165, 1.54) is 5.56 Å². The molecule has 0 unspecified atom stereocenters. The first-order valence-corrected chi connectivity index (χ1v) is 8.08. The predicted molar refractivity (Wildman–Crippen MR) is 90.0 cm³/mol. The maximum Gasteiger partial charge on any atom is 0.154 e. The molecule has 0 fully saturated rings. The number of rotatable bonds is 4. The number of nitrogens with zero attached hydrogens (tertiary/aromatic N) is 1. The summed E-state index contributed by atoms with van der Waals surface area (Å²) >= 11 is 8.51. The molecule has 0 atom stereocenters. The Morgan fingerprint density at radius 3 is 2.74 bits per heavy atom. The molecule has 0 spiro atoms. The lowest BCUT2D eigenvalue weighted by molar-refractivity contribution is 1.06. The Hall–Kier alpha value is -1.17. The van der Waals surface area contributed by atoms with Gasteiger partial charge in [0, 0.05) is 10.6 Å². The largest absolute Gasteiger partial charge is 0.262 e. The summed E-state index contributed by atoms with van der Waals surface area (Å²) < 4.78 is 0.694. The Morgan fingerprint density at radius 1 is 1.26 bits per heavy atom. The lowest BCUT2D eigenvalue weighted by Crippen LogP contribution is -2.13. The van der Waals surface area contributed by atoms with Gasteiger partial charge in [0.15, 0.2) is 4.32 Å². The van der Waals surface area contributed by atoms with Crippen LogP contribution in [0.25, 0.3) is 0 Å². The van der Waals surface area contributed by atoms with E-state index in [0.717, 1.165) is 16.3 Å². The van der Waals surface area contributed by atoms with Crippen LogP contribution >= 0.6 is 35.3 Å². The van der Waals surface area contributed by atoms with E-state index >= 15 is 0 Å². The SMILES string of the molecule is C/C(=N\NC(=S)SCc1ccccc1)c1cccs1. The minimum atomic E-state index is 0.694. The van der Waals surface area contributed by atoms with Gasteiger partial charge >= 0.3 is 0 Å². The second kappa shape index (κ2) is 7.43. The van der Waals surface area contributed by atoms with Crippen molar-refractivity contribution in [1.29, 1.82) is 0 Å². The highest BCUT2D eigenvalue weighted by Gasteiger charge is 2.00. The van der Waals surface area contributed by atoms with Crippen LogP contribution in [-0.4, -0.2) is 10.0 Å². The molecule has 0 aliphatic rings. The summed E-state index contributed by atoms with van der Waals surface area (Å²) in [6.45, 7) is 1.98. The molecule has 0 radical (unpaired) electrons. The molecule has 0 saturated heterocycles. The molecule has 0 aliphatic carbocycles. The molecule has 1 heterocycles. The van der Waals surface area contributed by atoms with E-state index in [1.807, 2.05) is 42.6 Å². The number of hydrazone groups is 1. The van der Waals surface area contributed by atoms with E-state index in [2.05, 4.69) is 22.7 Å². The number of thioether (sulfide) groups is 1. The van der Waals surface area contributed by atoms with Crippen molar-refractivity contribution in [2.75, 3.05) is 0 Å². The summed E-state index contributed by atoms with van der Waals surface area (Å²) in [7, 11) is 0. The first-order chi connectivity index (χ1) is 9.25. The van der Waals surface area contributed by atoms with Crippen molar-refractivity contribution in [3.63, 3.8) is 0 Å². The van der Waals surface area contributed by atoms with Gasteiger partial charge in [-0.25, -0.2) is 0 Å². The van der Waals surface area contributed by atoms with Crippen LogP contribution in [0.5, 0.6) is 0 Å². The minimum Gasteiger partial charge on any atom is -0.262 e. The second-order valence-electron chi connectivity index (χ2n) is 3.85. The summed E-state index contributed by atoms with van der Waals surface area (Å²) in [5.74, 6) is 0.861. The molecule has 1 aromatic heterocycles. The quantitative estimate of drug-likeness (QED) is 0.518. The van der Waals surface area contributed by atoms with Crippen molar-refractivity contribution in [3.8, 4) is 0 Å². The topological polar surface area (TPSA) is 24.4 Å². The molecule has 1 N–H and O–H groups in total. The highest BCUT2D eigenvalue weighted by Crippen LogP contribution is 2.13. The highest BCUT2D eigenvalue weighted by atomic mass is 32.2. The Morgan fingerprint density at radius 2 is 2.05 bits per heavy atom. The summed E-state index contributed by atoms with van der Waals surface area (Å²) in [6.07, 6.45) is 0. The van der Waals surface area contributed by atoms with Crippen molar-refractivity contribution >= 4 is 45.3 Å². The zero-order valence-corrected chi connectivity index (χ0v) is 12.9. The molecule has 1 aromatic carbocycles. The maximum atomic E-state index is 5.25. The van der Waals surface area contributed by atoms with Crippen LogP contribution in [0.3, 0.4) is 0 Å². The first-order valence-electron chi connectivity index (χ1n) is 5.80. The van der Waals surface area contributed by atoms with Crippen molar-refractivity contribution in [1.82, 2.24) is 5.43 Å². The molecule has 2 nitrogen and oxygen atoms in total. The van der Waals surface area contributed by atoms with Crippen LogP contribution in [0.1, 0.15) is 17.4 Å². The average molecular weight is 306 g/mol. The molecule has 19 heavy (non-hydrogen) atoms. The van der Waals surface area contributed by atoms with Gasteiger partial charge in [-0.05, 0) is 23.9 Å². The van der Waals surface area contributed by atoms with Crippen molar-refractivity contribution in [2.24, 2.45) is 5.10 Å². The number of benzene rings is 1. The maximum absolute atomic E-state index is 5.25. The first kappa shape index (κ1) is 14.2. The van der Waals surface area contributed by atoms with Gasteiger partial charge in [-0.3, -0.25) is 5.43 Å². The van der Waals surface area contributed by atoms with Gasteiger partial charge in [0.05, 0.1) is 5.71 Å². The normalized spacial score (nSPS) is 11.3. The molecular weight excluding hydrogens is 292 g/mol. The summed E-state index contributed by atoms with van der Waals surface area (Å²) in [6, 6.07) is 14.3. The van der Waals surface area contributed by atoms with Gasteiger partial charge in [0.25, 0.3) is 0 Å². The fourth-order valence-electron chi connectivity index (χ4n) is 1.42. The molecule has 2 aromatic rings. The second-order valence-corrected chi connectivity index (χ2v) is 6.45. The lowest BCUT2D eigenvalue weighted by atomic mass is 10.2. The molecule has 0 aliphatic heterocycles.